The summed E-state index contributed by atoms with van der Waals surface area (Å²) in [6.07, 6.45) is 2.75. The van der Waals surface area contributed by atoms with Crippen LogP contribution in [0.2, 0.25) is 0 Å². The van der Waals surface area contributed by atoms with Gasteiger partial charge in [-0.3, -0.25) is 0 Å². The summed E-state index contributed by atoms with van der Waals surface area (Å²) in [6, 6.07) is 10.1. The molecule has 0 radical (unpaired) electrons. The predicted molar refractivity (Wildman–Crippen MR) is 80.4 cm³/mol. The summed E-state index contributed by atoms with van der Waals surface area (Å²) in [5.41, 5.74) is 0.905. The van der Waals surface area contributed by atoms with Gasteiger partial charge >= 0.3 is 5.97 Å². The largest absolute Gasteiger partial charge is 0.487 e. The van der Waals surface area contributed by atoms with E-state index >= 15 is 0 Å². The molecule has 1 atom stereocenters. The molecule has 0 heterocycles. The van der Waals surface area contributed by atoms with Gasteiger partial charge in [-0.25, -0.2) is 4.79 Å². The molecule has 0 fully saturated rings. The normalized spacial score (nSPS) is 14.5. The maximum absolute atomic E-state index is 11.9. The van der Waals surface area contributed by atoms with Gasteiger partial charge in [-0.05, 0) is 31.9 Å². The van der Waals surface area contributed by atoms with Crippen molar-refractivity contribution in [1.82, 2.24) is 0 Å². The topological polar surface area (TPSA) is 35.5 Å². The number of benzene rings is 1. The second-order valence-electron chi connectivity index (χ2n) is 4.80. The fraction of sp³-hybridized carbons (Fsp3) is 0.471. The van der Waals surface area contributed by atoms with Crippen molar-refractivity contribution in [2.24, 2.45) is 0 Å². The van der Waals surface area contributed by atoms with Gasteiger partial charge in [-0.15, -0.1) is 0 Å². The van der Waals surface area contributed by atoms with E-state index in [1.165, 1.54) is 0 Å². The van der Waals surface area contributed by atoms with Crippen LogP contribution in [0.25, 0.3) is 0 Å². The van der Waals surface area contributed by atoms with Crippen LogP contribution in [0.5, 0.6) is 0 Å². The Labute approximate surface area is 121 Å². The number of carbonyl (C=O) groups is 1. The Hall–Kier alpha value is -1.77. The molecule has 0 amide bonds. The molecular formula is C17H24O3. The van der Waals surface area contributed by atoms with E-state index in [0.29, 0.717) is 19.0 Å². The number of carbonyl (C=O) groups excluding carboxylic acids is 1. The van der Waals surface area contributed by atoms with E-state index in [1.807, 2.05) is 31.2 Å². The zero-order valence-corrected chi connectivity index (χ0v) is 12.8. The average molecular weight is 276 g/mol. The molecule has 0 spiro atoms. The third-order valence-corrected chi connectivity index (χ3v) is 3.39. The standard InChI is InChI=1S/C17H24O3/c1-5-17(4,14-11-9-8-10-12-14)13-15(19-6-2)16(18)20-7-3/h8-13H,5-7H2,1-4H3. The minimum atomic E-state index is -0.398. The van der Waals surface area contributed by atoms with Crippen LogP contribution in [0, 0.1) is 0 Å². The SMILES string of the molecule is CCOC(=O)C(=CC(C)(CC)c1ccccc1)OCC. The van der Waals surface area contributed by atoms with Gasteiger partial charge < -0.3 is 9.47 Å². The minimum Gasteiger partial charge on any atom is -0.487 e. The van der Waals surface area contributed by atoms with Crippen LogP contribution in [0.1, 0.15) is 39.7 Å². The summed E-state index contributed by atoms with van der Waals surface area (Å²) in [6.45, 7) is 8.63. The van der Waals surface area contributed by atoms with Crippen LogP contribution >= 0.6 is 0 Å². The summed E-state index contributed by atoms with van der Waals surface area (Å²) in [5, 5.41) is 0. The maximum atomic E-state index is 11.9. The van der Waals surface area contributed by atoms with E-state index in [-0.39, 0.29) is 5.41 Å². The maximum Gasteiger partial charge on any atom is 0.373 e. The highest BCUT2D eigenvalue weighted by molar-refractivity contribution is 5.86. The lowest BCUT2D eigenvalue weighted by atomic mass is 9.79. The molecule has 0 aromatic heterocycles. The predicted octanol–water partition coefficient (Wildman–Crippen LogP) is 3.84. The van der Waals surface area contributed by atoms with Gasteiger partial charge in [-0.1, -0.05) is 44.2 Å². The molecule has 0 saturated carbocycles. The van der Waals surface area contributed by atoms with E-state index in [2.05, 4.69) is 26.0 Å². The molecule has 0 bridgehead atoms. The molecule has 0 aliphatic carbocycles. The molecule has 1 aromatic rings. The zero-order chi connectivity index (χ0) is 15.0. The van der Waals surface area contributed by atoms with Crippen molar-refractivity contribution in [3.63, 3.8) is 0 Å². The molecule has 3 heteroatoms. The van der Waals surface area contributed by atoms with Gasteiger partial charge in [0.05, 0.1) is 13.2 Å². The van der Waals surface area contributed by atoms with Gasteiger partial charge in [0, 0.05) is 5.41 Å². The summed E-state index contributed by atoms with van der Waals surface area (Å²) in [7, 11) is 0. The van der Waals surface area contributed by atoms with Crippen LogP contribution in [0.4, 0.5) is 0 Å². The van der Waals surface area contributed by atoms with Crippen LogP contribution in [0.15, 0.2) is 42.2 Å². The quantitative estimate of drug-likeness (QED) is 0.431. The first-order valence-electron chi connectivity index (χ1n) is 7.15. The molecule has 1 unspecified atom stereocenters. The minimum absolute atomic E-state index is 0.251. The van der Waals surface area contributed by atoms with Crippen molar-refractivity contribution in [2.75, 3.05) is 13.2 Å². The summed E-state index contributed by atoms with van der Waals surface area (Å²) < 4.78 is 10.5. The van der Waals surface area contributed by atoms with Crippen molar-refractivity contribution in [1.29, 1.82) is 0 Å². The third kappa shape index (κ3) is 4.12. The first kappa shape index (κ1) is 16.3. The smallest absolute Gasteiger partial charge is 0.373 e. The fourth-order valence-electron chi connectivity index (χ4n) is 2.01. The number of ether oxygens (including phenoxy) is 2. The van der Waals surface area contributed by atoms with Gasteiger partial charge in [0.15, 0.2) is 0 Å². The van der Waals surface area contributed by atoms with E-state index in [0.717, 1.165) is 12.0 Å². The second-order valence-corrected chi connectivity index (χ2v) is 4.80. The molecule has 0 N–H and O–H groups in total. The molecule has 0 saturated heterocycles. The van der Waals surface area contributed by atoms with Gasteiger partial charge in [-0.2, -0.15) is 0 Å². The van der Waals surface area contributed by atoms with E-state index in [9.17, 15) is 4.79 Å². The highest BCUT2D eigenvalue weighted by atomic mass is 16.6. The van der Waals surface area contributed by atoms with Crippen molar-refractivity contribution >= 4 is 5.97 Å². The van der Waals surface area contributed by atoms with E-state index in [4.69, 9.17) is 9.47 Å². The molecule has 3 nitrogen and oxygen atoms in total. The monoisotopic (exact) mass is 276 g/mol. The summed E-state index contributed by atoms with van der Waals surface area (Å²) in [5.74, 6) is -0.104. The van der Waals surface area contributed by atoms with Gasteiger partial charge in [0.25, 0.3) is 0 Å². The highest BCUT2D eigenvalue weighted by Crippen LogP contribution is 2.30. The summed E-state index contributed by atoms with van der Waals surface area (Å²) >= 11 is 0. The van der Waals surface area contributed by atoms with E-state index in [1.54, 1.807) is 6.92 Å². The van der Waals surface area contributed by atoms with Crippen molar-refractivity contribution in [3.8, 4) is 0 Å². The van der Waals surface area contributed by atoms with Crippen LogP contribution in [-0.4, -0.2) is 19.2 Å². The number of allylic oxidation sites excluding steroid dienone is 1. The molecular weight excluding hydrogens is 252 g/mol. The number of hydrogen-bond donors (Lipinski definition) is 0. The number of esters is 1. The van der Waals surface area contributed by atoms with Crippen LogP contribution in [0.3, 0.4) is 0 Å². The molecule has 0 aliphatic heterocycles. The van der Waals surface area contributed by atoms with Crippen molar-refractivity contribution in [3.05, 3.63) is 47.7 Å². The molecule has 110 valence electrons. The average Bonchev–Trinajstić information content (AvgIpc) is 2.48. The third-order valence-electron chi connectivity index (χ3n) is 3.39. The van der Waals surface area contributed by atoms with Crippen molar-refractivity contribution in [2.45, 2.75) is 39.5 Å². The second kappa shape index (κ2) is 7.73. The lowest BCUT2D eigenvalue weighted by Gasteiger charge is -2.26. The lowest BCUT2D eigenvalue weighted by molar-refractivity contribution is -0.142. The van der Waals surface area contributed by atoms with Crippen LogP contribution in [-0.2, 0) is 19.7 Å². The lowest BCUT2D eigenvalue weighted by Crippen LogP contribution is -2.21. The molecule has 1 aromatic carbocycles. The Kier molecular flexibility index (Phi) is 6.29. The first-order valence-corrected chi connectivity index (χ1v) is 7.15. The Morgan fingerprint density at radius 3 is 2.20 bits per heavy atom. The Bertz CT molecular complexity index is 451. The Morgan fingerprint density at radius 1 is 1.10 bits per heavy atom. The molecule has 20 heavy (non-hydrogen) atoms. The van der Waals surface area contributed by atoms with Crippen molar-refractivity contribution < 1.29 is 14.3 Å². The first-order chi connectivity index (χ1) is 9.57. The molecule has 0 aliphatic rings. The van der Waals surface area contributed by atoms with Crippen LogP contribution < -0.4 is 0 Å². The summed E-state index contributed by atoms with van der Waals surface area (Å²) in [4.78, 5) is 11.9. The van der Waals surface area contributed by atoms with Gasteiger partial charge in [0.1, 0.15) is 0 Å². The van der Waals surface area contributed by atoms with Gasteiger partial charge in [0.2, 0.25) is 5.76 Å². The highest BCUT2D eigenvalue weighted by Gasteiger charge is 2.25. The zero-order valence-electron chi connectivity index (χ0n) is 12.8. The number of hydrogen-bond acceptors (Lipinski definition) is 3. The molecule has 1 rings (SSSR count). The Morgan fingerprint density at radius 2 is 1.70 bits per heavy atom. The van der Waals surface area contributed by atoms with E-state index < -0.39 is 5.97 Å². The number of rotatable bonds is 7. The Balaban J connectivity index is 3.13. The fourth-order valence-corrected chi connectivity index (χ4v) is 2.01.